The molecule has 0 spiro atoms. The Morgan fingerprint density at radius 2 is 2.00 bits per heavy atom. The van der Waals surface area contributed by atoms with Gasteiger partial charge >= 0.3 is 0 Å². The molecule has 0 saturated carbocycles. The standard InChI is InChI=1S/C8H16O4/c1-10-7-3-6(4-9)12-5-8(7)11-2/h6-9H,3-5H2,1-2H3. The summed E-state index contributed by atoms with van der Waals surface area (Å²) in [6, 6.07) is 0. The first-order valence-electron chi connectivity index (χ1n) is 4.09. The molecule has 3 atom stereocenters. The van der Waals surface area contributed by atoms with Crippen molar-refractivity contribution < 1.29 is 19.3 Å². The molecule has 1 rings (SSSR count). The molecule has 0 radical (unpaired) electrons. The molecule has 12 heavy (non-hydrogen) atoms. The fraction of sp³-hybridized carbons (Fsp3) is 1.00. The molecule has 1 saturated heterocycles. The molecule has 1 heterocycles. The minimum Gasteiger partial charge on any atom is -0.394 e. The highest BCUT2D eigenvalue weighted by Gasteiger charge is 2.30. The Morgan fingerprint density at radius 1 is 1.33 bits per heavy atom. The van der Waals surface area contributed by atoms with Crippen LogP contribution in [0.25, 0.3) is 0 Å². The van der Waals surface area contributed by atoms with E-state index in [9.17, 15) is 0 Å². The first-order valence-corrected chi connectivity index (χ1v) is 4.09. The van der Waals surface area contributed by atoms with Crippen molar-refractivity contribution >= 4 is 0 Å². The Morgan fingerprint density at radius 3 is 2.50 bits per heavy atom. The lowest BCUT2D eigenvalue weighted by atomic mass is 10.0. The summed E-state index contributed by atoms with van der Waals surface area (Å²) in [6.45, 7) is 0.552. The quantitative estimate of drug-likeness (QED) is 0.647. The van der Waals surface area contributed by atoms with Gasteiger partial charge in [-0.1, -0.05) is 0 Å². The van der Waals surface area contributed by atoms with Gasteiger partial charge in [0.25, 0.3) is 0 Å². The monoisotopic (exact) mass is 176 g/mol. The highest BCUT2D eigenvalue weighted by molar-refractivity contribution is 4.79. The average molecular weight is 176 g/mol. The van der Waals surface area contributed by atoms with Crippen LogP contribution in [0, 0.1) is 0 Å². The Balaban J connectivity index is 2.41. The van der Waals surface area contributed by atoms with E-state index < -0.39 is 0 Å². The normalized spacial score (nSPS) is 36.8. The second-order valence-corrected chi connectivity index (χ2v) is 2.92. The molecule has 1 fully saturated rings. The minimum absolute atomic E-state index is 0.00204. The van der Waals surface area contributed by atoms with Crippen molar-refractivity contribution in [2.75, 3.05) is 27.4 Å². The summed E-state index contributed by atoms with van der Waals surface area (Å²) in [7, 11) is 3.29. The Hall–Kier alpha value is -0.160. The number of aliphatic hydroxyl groups is 1. The van der Waals surface area contributed by atoms with E-state index in [2.05, 4.69) is 0 Å². The zero-order chi connectivity index (χ0) is 8.97. The van der Waals surface area contributed by atoms with Gasteiger partial charge in [-0.25, -0.2) is 0 Å². The van der Waals surface area contributed by atoms with E-state index in [0.717, 1.165) is 0 Å². The van der Waals surface area contributed by atoms with E-state index >= 15 is 0 Å². The van der Waals surface area contributed by atoms with Gasteiger partial charge in [-0.05, 0) is 0 Å². The topological polar surface area (TPSA) is 47.9 Å². The summed E-state index contributed by atoms with van der Waals surface area (Å²) < 4.78 is 15.7. The molecule has 4 nitrogen and oxygen atoms in total. The van der Waals surface area contributed by atoms with Gasteiger partial charge in [-0.15, -0.1) is 0 Å². The maximum absolute atomic E-state index is 8.84. The van der Waals surface area contributed by atoms with Crippen LogP contribution in [0.4, 0.5) is 0 Å². The molecule has 0 aromatic rings. The lowest BCUT2D eigenvalue weighted by Gasteiger charge is -2.33. The van der Waals surface area contributed by atoms with Crippen molar-refractivity contribution in [1.29, 1.82) is 0 Å². The minimum atomic E-state index is -0.0960. The summed E-state index contributed by atoms with van der Waals surface area (Å²) in [5.41, 5.74) is 0. The fourth-order valence-electron chi connectivity index (χ4n) is 1.41. The molecule has 1 aliphatic rings. The first kappa shape index (κ1) is 9.92. The van der Waals surface area contributed by atoms with Gasteiger partial charge in [0.05, 0.1) is 25.4 Å². The zero-order valence-corrected chi connectivity index (χ0v) is 7.53. The third kappa shape index (κ3) is 2.17. The molecule has 1 aliphatic heterocycles. The number of hydrogen-bond acceptors (Lipinski definition) is 4. The maximum atomic E-state index is 8.84. The highest BCUT2D eigenvalue weighted by Crippen LogP contribution is 2.18. The van der Waals surface area contributed by atoms with E-state index in [1.165, 1.54) is 0 Å². The molecule has 72 valence electrons. The third-order valence-electron chi connectivity index (χ3n) is 2.22. The molecule has 4 heteroatoms. The molecule has 0 amide bonds. The third-order valence-corrected chi connectivity index (χ3v) is 2.22. The lowest BCUT2D eigenvalue weighted by Crippen LogP contribution is -2.44. The lowest BCUT2D eigenvalue weighted by molar-refractivity contribution is -0.152. The van der Waals surface area contributed by atoms with Gasteiger partial charge in [0.2, 0.25) is 0 Å². The van der Waals surface area contributed by atoms with Crippen molar-refractivity contribution in [3.63, 3.8) is 0 Å². The number of rotatable bonds is 3. The van der Waals surface area contributed by atoms with E-state index in [0.29, 0.717) is 13.0 Å². The van der Waals surface area contributed by atoms with Crippen molar-refractivity contribution in [1.82, 2.24) is 0 Å². The summed E-state index contributed by atoms with van der Waals surface area (Å²) in [4.78, 5) is 0. The number of methoxy groups -OCH3 is 2. The average Bonchev–Trinajstić information content (AvgIpc) is 2.16. The van der Waals surface area contributed by atoms with Crippen LogP contribution < -0.4 is 0 Å². The van der Waals surface area contributed by atoms with E-state index in [1.807, 2.05) is 0 Å². The fourth-order valence-corrected chi connectivity index (χ4v) is 1.41. The molecule has 1 N–H and O–H groups in total. The summed E-state index contributed by atoms with van der Waals surface area (Å²) in [5, 5.41) is 8.84. The SMILES string of the molecule is COC1COC(CO)CC1OC. The second kappa shape index (κ2) is 4.77. The van der Waals surface area contributed by atoms with Crippen LogP contribution in [-0.4, -0.2) is 50.9 Å². The largest absolute Gasteiger partial charge is 0.394 e. The van der Waals surface area contributed by atoms with Gasteiger partial charge < -0.3 is 19.3 Å². The zero-order valence-electron chi connectivity index (χ0n) is 7.53. The molecule has 0 aliphatic carbocycles. The molecular weight excluding hydrogens is 160 g/mol. The first-order chi connectivity index (χ1) is 5.81. The molecule has 0 bridgehead atoms. The van der Waals surface area contributed by atoms with E-state index in [1.54, 1.807) is 14.2 Å². The summed E-state index contributed by atoms with van der Waals surface area (Å²) >= 11 is 0. The molecule has 0 aromatic carbocycles. The van der Waals surface area contributed by atoms with Crippen molar-refractivity contribution in [3.05, 3.63) is 0 Å². The predicted octanol–water partition coefficient (Wildman–Crippen LogP) is -0.202. The van der Waals surface area contributed by atoms with Crippen LogP contribution in [0.3, 0.4) is 0 Å². The van der Waals surface area contributed by atoms with Gasteiger partial charge in [0.1, 0.15) is 6.10 Å². The van der Waals surface area contributed by atoms with Crippen molar-refractivity contribution in [2.24, 2.45) is 0 Å². The highest BCUT2D eigenvalue weighted by atomic mass is 16.6. The van der Waals surface area contributed by atoms with E-state index in [-0.39, 0.29) is 24.9 Å². The molecule has 3 unspecified atom stereocenters. The maximum Gasteiger partial charge on any atom is 0.107 e. The summed E-state index contributed by atoms with van der Waals surface area (Å²) in [6.07, 6.45) is 0.644. The van der Waals surface area contributed by atoms with E-state index in [4.69, 9.17) is 19.3 Å². The Kier molecular flexibility index (Phi) is 3.94. The van der Waals surface area contributed by atoms with Crippen LogP contribution >= 0.6 is 0 Å². The number of hydrogen-bond donors (Lipinski definition) is 1. The van der Waals surface area contributed by atoms with Crippen LogP contribution in [0.15, 0.2) is 0 Å². The predicted molar refractivity (Wildman–Crippen MR) is 43.0 cm³/mol. The van der Waals surface area contributed by atoms with Crippen LogP contribution in [0.1, 0.15) is 6.42 Å². The Bertz CT molecular complexity index is 128. The van der Waals surface area contributed by atoms with Crippen LogP contribution in [-0.2, 0) is 14.2 Å². The number of aliphatic hydroxyl groups excluding tert-OH is 1. The molecule has 0 aromatic heterocycles. The van der Waals surface area contributed by atoms with Crippen LogP contribution in [0.2, 0.25) is 0 Å². The van der Waals surface area contributed by atoms with Gasteiger partial charge in [-0.3, -0.25) is 0 Å². The van der Waals surface area contributed by atoms with Crippen LogP contribution in [0.5, 0.6) is 0 Å². The Labute approximate surface area is 72.4 Å². The van der Waals surface area contributed by atoms with Crippen molar-refractivity contribution in [3.8, 4) is 0 Å². The van der Waals surface area contributed by atoms with Crippen molar-refractivity contribution in [2.45, 2.75) is 24.7 Å². The smallest absolute Gasteiger partial charge is 0.107 e. The second-order valence-electron chi connectivity index (χ2n) is 2.92. The van der Waals surface area contributed by atoms with Gasteiger partial charge in [0, 0.05) is 20.6 Å². The summed E-state index contributed by atoms with van der Waals surface area (Å²) in [5.74, 6) is 0. The van der Waals surface area contributed by atoms with Gasteiger partial charge in [0.15, 0.2) is 0 Å². The number of ether oxygens (including phenoxy) is 3. The van der Waals surface area contributed by atoms with Gasteiger partial charge in [-0.2, -0.15) is 0 Å². The molecular formula is C8H16O4.